The number of hydrogen-bond donors (Lipinski definition) is 3. The maximum absolute atomic E-state index is 13.2. The number of aliphatic carboxylic acids is 1. The molecule has 0 heterocycles. The van der Waals surface area contributed by atoms with Crippen LogP contribution < -0.4 is 15.4 Å². The lowest BCUT2D eigenvalue weighted by molar-refractivity contribution is -0.137. The smallest absolute Gasteiger partial charge is 0.326 e. The van der Waals surface area contributed by atoms with Crippen molar-refractivity contribution >= 4 is 23.2 Å². The summed E-state index contributed by atoms with van der Waals surface area (Å²) in [6, 6.07) is 40.4. The first kappa shape index (κ1) is 30.9. The molecule has 2 unspecified atom stereocenters. The van der Waals surface area contributed by atoms with Crippen LogP contribution >= 0.6 is 0 Å². The summed E-state index contributed by atoms with van der Waals surface area (Å²) in [5, 5.41) is 16.4. The third kappa shape index (κ3) is 8.31. The molecule has 0 aliphatic heterocycles. The third-order valence-electron chi connectivity index (χ3n) is 7.37. The predicted octanol–water partition coefficient (Wildman–Crippen LogP) is 6.62. The molecule has 0 saturated heterocycles. The first-order valence-electron chi connectivity index (χ1n) is 14.8. The fraction of sp³-hybridized carbons (Fsp3) is 0.132. The molecule has 0 radical (unpaired) electrons. The van der Waals surface area contributed by atoms with E-state index in [4.69, 9.17) is 4.74 Å². The standard InChI is InChI=1S/C38H34N2O5/c41-36(29-14-6-2-7-15-29)32-18-10-11-19-33(32)40-34(38(43)44)26-27-20-22-31(23-21-27)45-25-24-39-35(28-12-4-1-5-13-28)37(42)30-16-8-3-9-17-30/h1-23,34-35,39-40H,24-26H2,(H,43,44). The Morgan fingerprint density at radius 1 is 0.667 bits per heavy atom. The van der Waals surface area contributed by atoms with Crippen molar-refractivity contribution in [3.63, 3.8) is 0 Å². The Balaban J connectivity index is 1.18. The van der Waals surface area contributed by atoms with E-state index in [1.54, 1.807) is 60.7 Å². The van der Waals surface area contributed by atoms with Crippen LogP contribution in [0, 0.1) is 0 Å². The largest absolute Gasteiger partial charge is 0.492 e. The van der Waals surface area contributed by atoms with E-state index in [0.29, 0.717) is 41.3 Å². The van der Waals surface area contributed by atoms with Crippen LogP contribution in [0.15, 0.2) is 140 Å². The molecule has 5 rings (SSSR count). The Bertz CT molecular complexity index is 1710. The highest BCUT2D eigenvalue weighted by Gasteiger charge is 2.22. The van der Waals surface area contributed by atoms with Crippen LogP contribution in [0.4, 0.5) is 5.69 Å². The van der Waals surface area contributed by atoms with Gasteiger partial charge in [0.15, 0.2) is 11.6 Å². The van der Waals surface area contributed by atoms with Crippen LogP contribution in [0.2, 0.25) is 0 Å². The van der Waals surface area contributed by atoms with E-state index in [0.717, 1.165) is 11.1 Å². The van der Waals surface area contributed by atoms with Crippen LogP contribution in [0.3, 0.4) is 0 Å². The second-order valence-corrected chi connectivity index (χ2v) is 10.5. The molecule has 7 nitrogen and oxygen atoms in total. The predicted molar refractivity (Wildman–Crippen MR) is 175 cm³/mol. The van der Waals surface area contributed by atoms with Crippen LogP contribution in [0.25, 0.3) is 0 Å². The number of carboxylic acid groups (broad SMARTS) is 1. The number of hydrogen-bond acceptors (Lipinski definition) is 6. The maximum atomic E-state index is 13.2. The zero-order valence-electron chi connectivity index (χ0n) is 24.6. The molecule has 0 aromatic heterocycles. The molecule has 7 heteroatoms. The van der Waals surface area contributed by atoms with Gasteiger partial charge in [-0.25, -0.2) is 4.79 Å². The van der Waals surface area contributed by atoms with Crippen LogP contribution in [-0.4, -0.2) is 41.8 Å². The molecule has 0 aliphatic carbocycles. The fourth-order valence-corrected chi connectivity index (χ4v) is 5.05. The van der Waals surface area contributed by atoms with Gasteiger partial charge in [0.2, 0.25) is 0 Å². The molecular weight excluding hydrogens is 564 g/mol. The number of carboxylic acids is 1. The van der Waals surface area contributed by atoms with E-state index < -0.39 is 18.1 Å². The Labute approximate surface area is 262 Å². The van der Waals surface area contributed by atoms with Crippen LogP contribution in [0.1, 0.15) is 43.4 Å². The van der Waals surface area contributed by atoms with E-state index in [2.05, 4.69) is 10.6 Å². The second kappa shape index (κ2) is 15.3. The molecule has 2 atom stereocenters. The highest BCUT2D eigenvalue weighted by molar-refractivity contribution is 6.12. The zero-order chi connectivity index (χ0) is 31.4. The first-order valence-corrected chi connectivity index (χ1v) is 14.8. The van der Waals surface area contributed by atoms with Gasteiger partial charge in [-0.15, -0.1) is 0 Å². The molecule has 5 aromatic carbocycles. The Morgan fingerprint density at radius 3 is 1.89 bits per heavy atom. The number of carbonyl (C=O) groups is 3. The van der Waals surface area contributed by atoms with Crippen molar-refractivity contribution in [2.24, 2.45) is 0 Å². The summed E-state index contributed by atoms with van der Waals surface area (Å²) >= 11 is 0. The average molecular weight is 599 g/mol. The number of rotatable bonds is 15. The van der Waals surface area contributed by atoms with E-state index in [-0.39, 0.29) is 18.0 Å². The van der Waals surface area contributed by atoms with Gasteiger partial charge in [0.05, 0.1) is 6.04 Å². The molecule has 0 amide bonds. The summed E-state index contributed by atoms with van der Waals surface area (Å²) in [6.45, 7) is 0.766. The lowest BCUT2D eigenvalue weighted by Crippen LogP contribution is -2.32. The summed E-state index contributed by atoms with van der Waals surface area (Å²) < 4.78 is 5.92. The third-order valence-corrected chi connectivity index (χ3v) is 7.37. The summed E-state index contributed by atoms with van der Waals surface area (Å²) in [5.74, 6) is -0.593. The summed E-state index contributed by atoms with van der Waals surface area (Å²) in [4.78, 5) is 38.5. The molecule has 0 saturated carbocycles. The van der Waals surface area contributed by atoms with E-state index in [1.807, 2.05) is 78.9 Å². The molecule has 0 fully saturated rings. The van der Waals surface area contributed by atoms with Gasteiger partial charge in [0.25, 0.3) is 0 Å². The van der Waals surface area contributed by atoms with Gasteiger partial charge in [-0.2, -0.15) is 0 Å². The lowest BCUT2D eigenvalue weighted by Gasteiger charge is -2.19. The van der Waals surface area contributed by atoms with Gasteiger partial charge >= 0.3 is 5.97 Å². The zero-order valence-corrected chi connectivity index (χ0v) is 24.6. The number of Topliss-reactive ketones (excluding diaryl/α,β-unsaturated/α-hetero) is 1. The summed E-state index contributed by atoms with van der Waals surface area (Å²) in [7, 11) is 0. The van der Waals surface area contributed by atoms with E-state index in [9.17, 15) is 19.5 Å². The molecule has 45 heavy (non-hydrogen) atoms. The quantitative estimate of drug-likeness (QED) is 0.0919. The van der Waals surface area contributed by atoms with Crippen molar-refractivity contribution in [2.75, 3.05) is 18.5 Å². The first-order chi connectivity index (χ1) is 22.0. The topological polar surface area (TPSA) is 105 Å². The number of para-hydroxylation sites is 1. The number of benzene rings is 5. The highest BCUT2D eigenvalue weighted by atomic mass is 16.5. The van der Waals surface area contributed by atoms with E-state index in [1.165, 1.54) is 0 Å². The molecule has 5 aromatic rings. The normalized spacial score (nSPS) is 12.1. The van der Waals surface area contributed by atoms with Crippen molar-refractivity contribution in [2.45, 2.75) is 18.5 Å². The van der Waals surface area contributed by atoms with Gasteiger partial charge in [-0.3, -0.25) is 9.59 Å². The number of carbonyl (C=O) groups excluding carboxylic acids is 2. The molecule has 226 valence electrons. The van der Waals surface area contributed by atoms with Crippen molar-refractivity contribution < 1.29 is 24.2 Å². The van der Waals surface area contributed by atoms with Gasteiger partial charge in [0, 0.05) is 35.3 Å². The lowest BCUT2D eigenvalue weighted by atomic mass is 9.97. The molecule has 0 aliphatic rings. The van der Waals surface area contributed by atoms with Crippen LogP contribution in [0.5, 0.6) is 5.75 Å². The highest BCUT2D eigenvalue weighted by Crippen LogP contribution is 2.22. The molecular formula is C38H34N2O5. The Hall–Kier alpha value is -5.53. The Kier molecular flexibility index (Phi) is 10.5. The van der Waals surface area contributed by atoms with Gasteiger partial charge in [-0.1, -0.05) is 115 Å². The average Bonchev–Trinajstić information content (AvgIpc) is 3.09. The van der Waals surface area contributed by atoms with Crippen LogP contribution in [-0.2, 0) is 11.2 Å². The number of ether oxygens (including phenoxy) is 1. The van der Waals surface area contributed by atoms with Gasteiger partial charge in [0.1, 0.15) is 18.4 Å². The minimum Gasteiger partial charge on any atom is -0.492 e. The van der Waals surface area contributed by atoms with Crippen molar-refractivity contribution in [3.05, 3.63) is 167 Å². The summed E-state index contributed by atoms with van der Waals surface area (Å²) in [6.07, 6.45) is 0.200. The number of nitrogens with one attached hydrogen (secondary N) is 2. The molecule has 0 bridgehead atoms. The molecule has 3 N–H and O–H groups in total. The van der Waals surface area contributed by atoms with E-state index >= 15 is 0 Å². The van der Waals surface area contributed by atoms with Gasteiger partial charge < -0.3 is 20.5 Å². The fourth-order valence-electron chi connectivity index (χ4n) is 5.05. The van der Waals surface area contributed by atoms with Crippen molar-refractivity contribution in [1.82, 2.24) is 5.32 Å². The van der Waals surface area contributed by atoms with Gasteiger partial charge in [-0.05, 0) is 35.4 Å². The molecule has 0 spiro atoms. The summed E-state index contributed by atoms with van der Waals surface area (Å²) in [5.41, 5.74) is 3.71. The number of ketones is 2. The maximum Gasteiger partial charge on any atom is 0.326 e. The second-order valence-electron chi connectivity index (χ2n) is 10.5. The SMILES string of the molecule is O=C(c1ccccc1)c1ccccc1NC(Cc1ccc(OCCNC(C(=O)c2ccccc2)c2ccccc2)cc1)C(=O)O. The van der Waals surface area contributed by atoms with Crippen molar-refractivity contribution in [3.8, 4) is 5.75 Å². The minimum atomic E-state index is -1.03. The minimum absolute atomic E-state index is 0.0141. The Morgan fingerprint density at radius 2 is 1.24 bits per heavy atom. The number of anilines is 1. The van der Waals surface area contributed by atoms with Crippen molar-refractivity contribution in [1.29, 1.82) is 0 Å². The monoisotopic (exact) mass is 598 g/mol.